The molecule has 2 saturated heterocycles. The van der Waals surface area contributed by atoms with Gasteiger partial charge in [-0.25, -0.2) is 4.39 Å². The Morgan fingerprint density at radius 1 is 1.14 bits per heavy atom. The Bertz CT molecular complexity index is 1540. The van der Waals surface area contributed by atoms with Crippen molar-refractivity contribution in [2.75, 3.05) is 18.0 Å². The van der Waals surface area contributed by atoms with Gasteiger partial charge < -0.3 is 25.0 Å². The molecule has 1 aromatic heterocycles. The number of amides is 2. The first-order chi connectivity index (χ1) is 20.4. The van der Waals surface area contributed by atoms with Gasteiger partial charge in [-0.2, -0.15) is 5.26 Å². The number of carbonyl (C=O) groups excluding carboxylic acids is 2. The molecule has 6 rings (SSSR count). The highest BCUT2D eigenvalue weighted by atomic mass is 32.2. The number of aliphatic hydroxyl groups excluding tert-OH is 1. The standard InChI is InChI=1S/C31H30FN5O4S/c32-25-14-19(15-33)4-7-26(25)36-12-10-21(11-13-36)42-22-6-5-20(34-16-22)18-41-28-3-1-2-23-24(28)17-37(31(23)40)27-8-9-29(38)35-30(27)39/h1-7,14,16,21,27,30,39H,8-13,17-18H2,(H,35,38). The fraction of sp³-hybridized carbons (Fsp3) is 0.355. The van der Waals surface area contributed by atoms with Crippen LogP contribution < -0.4 is 15.0 Å². The van der Waals surface area contributed by atoms with Gasteiger partial charge in [-0.3, -0.25) is 14.6 Å². The number of aromatic nitrogens is 1. The van der Waals surface area contributed by atoms with E-state index in [0.29, 0.717) is 40.8 Å². The molecule has 216 valence electrons. The van der Waals surface area contributed by atoms with Crippen LogP contribution in [-0.2, 0) is 17.9 Å². The summed E-state index contributed by atoms with van der Waals surface area (Å²) in [6.45, 7) is 2.04. The van der Waals surface area contributed by atoms with Crippen LogP contribution in [0, 0.1) is 17.1 Å². The van der Waals surface area contributed by atoms with E-state index in [1.54, 1.807) is 40.9 Å². The molecule has 0 saturated carbocycles. The van der Waals surface area contributed by atoms with Crippen molar-refractivity contribution in [2.24, 2.45) is 0 Å². The first-order valence-electron chi connectivity index (χ1n) is 14.0. The minimum absolute atomic E-state index is 0.178. The summed E-state index contributed by atoms with van der Waals surface area (Å²) in [5, 5.41) is 22.2. The SMILES string of the molecule is N#Cc1ccc(N2CCC(Sc3ccc(COc4cccc5c4CN(C4CCC(=O)NC4O)C5=O)nc3)CC2)c(F)c1. The summed E-state index contributed by atoms with van der Waals surface area (Å²) in [5.74, 6) is -0.151. The number of nitrogens with one attached hydrogen (secondary N) is 1. The van der Waals surface area contributed by atoms with Gasteiger partial charge in [0, 0.05) is 47.0 Å². The number of thioether (sulfide) groups is 1. The Kier molecular flexibility index (Phi) is 8.00. The molecule has 11 heteroatoms. The van der Waals surface area contributed by atoms with Crippen LogP contribution in [0.15, 0.2) is 59.6 Å². The molecule has 3 aliphatic rings. The van der Waals surface area contributed by atoms with Crippen molar-refractivity contribution in [1.29, 1.82) is 5.26 Å². The van der Waals surface area contributed by atoms with E-state index in [1.807, 2.05) is 35.4 Å². The lowest BCUT2D eigenvalue weighted by Gasteiger charge is -2.35. The van der Waals surface area contributed by atoms with Crippen molar-refractivity contribution in [1.82, 2.24) is 15.2 Å². The molecule has 42 heavy (non-hydrogen) atoms. The number of aliphatic hydroxyl groups is 1. The molecule has 2 amide bonds. The number of fused-ring (bicyclic) bond motifs is 1. The average molecular weight is 588 g/mol. The zero-order chi connectivity index (χ0) is 29.2. The van der Waals surface area contributed by atoms with Crippen molar-refractivity contribution in [2.45, 2.75) is 61.3 Å². The lowest BCUT2D eigenvalue weighted by molar-refractivity contribution is -0.129. The fourth-order valence-electron chi connectivity index (χ4n) is 5.78. The van der Waals surface area contributed by atoms with Gasteiger partial charge in [-0.1, -0.05) is 6.07 Å². The summed E-state index contributed by atoms with van der Waals surface area (Å²) >= 11 is 1.77. The molecular formula is C31H30FN5O4S. The summed E-state index contributed by atoms with van der Waals surface area (Å²) in [6.07, 6.45) is 3.25. The minimum Gasteiger partial charge on any atom is -0.487 e. The third-order valence-electron chi connectivity index (χ3n) is 8.03. The molecule has 2 fully saturated rings. The van der Waals surface area contributed by atoms with Crippen LogP contribution in [-0.4, -0.2) is 57.4 Å². The third kappa shape index (κ3) is 5.78. The van der Waals surface area contributed by atoms with Crippen molar-refractivity contribution >= 4 is 29.3 Å². The molecule has 2 unspecified atom stereocenters. The van der Waals surface area contributed by atoms with Crippen molar-refractivity contribution in [3.05, 3.63) is 82.9 Å². The fourth-order valence-corrected chi connectivity index (χ4v) is 6.87. The second kappa shape index (κ2) is 12.0. The number of pyridine rings is 1. The number of nitriles is 1. The summed E-state index contributed by atoms with van der Waals surface area (Å²) in [7, 11) is 0. The zero-order valence-corrected chi connectivity index (χ0v) is 23.6. The average Bonchev–Trinajstić information content (AvgIpc) is 3.33. The van der Waals surface area contributed by atoms with Gasteiger partial charge in [0.2, 0.25) is 5.91 Å². The van der Waals surface area contributed by atoms with Crippen LogP contribution >= 0.6 is 11.8 Å². The molecule has 3 aromatic rings. The Morgan fingerprint density at radius 3 is 2.69 bits per heavy atom. The maximum atomic E-state index is 14.4. The van der Waals surface area contributed by atoms with E-state index in [1.165, 1.54) is 6.07 Å². The number of benzene rings is 2. The molecule has 4 heterocycles. The predicted octanol–water partition coefficient (Wildman–Crippen LogP) is 3.99. The Morgan fingerprint density at radius 2 is 1.98 bits per heavy atom. The smallest absolute Gasteiger partial charge is 0.255 e. The van der Waals surface area contributed by atoms with E-state index in [9.17, 15) is 19.1 Å². The third-order valence-corrected chi connectivity index (χ3v) is 9.35. The lowest BCUT2D eigenvalue weighted by Crippen LogP contribution is -2.55. The first-order valence-corrected chi connectivity index (χ1v) is 14.9. The van der Waals surface area contributed by atoms with Crippen molar-refractivity contribution < 1.29 is 23.8 Å². The van der Waals surface area contributed by atoms with E-state index >= 15 is 0 Å². The van der Waals surface area contributed by atoms with E-state index in [4.69, 9.17) is 10.00 Å². The first kappa shape index (κ1) is 28.0. The summed E-state index contributed by atoms with van der Waals surface area (Å²) < 4.78 is 20.5. The topological polar surface area (TPSA) is 119 Å². The molecule has 3 aliphatic heterocycles. The van der Waals surface area contributed by atoms with Crippen LogP contribution in [0.4, 0.5) is 10.1 Å². The maximum Gasteiger partial charge on any atom is 0.255 e. The number of hydrogen-bond donors (Lipinski definition) is 2. The molecule has 0 spiro atoms. The minimum atomic E-state index is -1.09. The molecule has 2 N–H and O–H groups in total. The number of hydrogen-bond acceptors (Lipinski definition) is 8. The summed E-state index contributed by atoms with van der Waals surface area (Å²) in [6, 6.07) is 15.5. The van der Waals surface area contributed by atoms with Crippen LogP contribution in [0.5, 0.6) is 5.75 Å². The van der Waals surface area contributed by atoms with Gasteiger partial charge in [0.25, 0.3) is 5.91 Å². The highest BCUT2D eigenvalue weighted by Gasteiger charge is 2.40. The number of halogens is 1. The maximum absolute atomic E-state index is 14.4. The number of nitrogens with zero attached hydrogens (tertiary/aromatic N) is 4. The normalized spacial score (nSPS) is 20.7. The van der Waals surface area contributed by atoms with E-state index < -0.39 is 12.3 Å². The molecule has 9 nitrogen and oxygen atoms in total. The number of anilines is 1. The molecule has 2 atom stereocenters. The van der Waals surface area contributed by atoms with Crippen LogP contribution in [0.25, 0.3) is 0 Å². The van der Waals surface area contributed by atoms with Crippen molar-refractivity contribution in [3.8, 4) is 11.8 Å². The highest BCUT2D eigenvalue weighted by Crippen LogP contribution is 2.35. The monoisotopic (exact) mass is 587 g/mol. The Labute approximate surface area is 247 Å². The quantitative estimate of drug-likeness (QED) is 0.426. The van der Waals surface area contributed by atoms with E-state index in [0.717, 1.165) is 42.1 Å². The number of carbonyl (C=O) groups is 2. The predicted molar refractivity (Wildman–Crippen MR) is 154 cm³/mol. The van der Waals surface area contributed by atoms with E-state index in [-0.39, 0.29) is 30.7 Å². The number of piperidine rings is 2. The molecule has 0 bridgehead atoms. The lowest BCUT2D eigenvalue weighted by atomic mass is 10.0. The number of ether oxygens (including phenoxy) is 1. The molecular weight excluding hydrogens is 557 g/mol. The molecule has 0 aliphatic carbocycles. The van der Waals surface area contributed by atoms with Crippen LogP contribution in [0.2, 0.25) is 0 Å². The van der Waals surface area contributed by atoms with Gasteiger partial charge in [-0.05, 0) is 61.7 Å². The highest BCUT2D eigenvalue weighted by molar-refractivity contribution is 8.00. The Hall–Kier alpha value is -4.14. The van der Waals surface area contributed by atoms with E-state index in [2.05, 4.69) is 10.3 Å². The molecule has 2 aromatic carbocycles. The van der Waals surface area contributed by atoms with Gasteiger partial charge in [0.05, 0.1) is 35.6 Å². The van der Waals surface area contributed by atoms with Gasteiger partial charge in [-0.15, -0.1) is 11.8 Å². The largest absolute Gasteiger partial charge is 0.487 e. The van der Waals surface area contributed by atoms with Gasteiger partial charge in [0.1, 0.15) is 24.4 Å². The number of rotatable bonds is 7. The molecule has 0 radical (unpaired) electrons. The van der Waals surface area contributed by atoms with Crippen LogP contribution in [0.1, 0.15) is 52.9 Å². The Balaban J connectivity index is 1.02. The van der Waals surface area contributed by atoms with Crippen molar-refractivity contribution in [3.63, 3.8) is 0 Å². The summed E-state index contributed by atoms with van der Waals surface area (Å²) in [4.78, 5) is 34.0. The zero-order valence-electron chi connectivity index (χ0n) is 22.8. The van der Waals surface area contributed by atoms with Crippen LogP contribution in [0.3, 0.4) is 0 Å². The second-order valence-electron chi connectivity index (χ2n) is 10.7. The van der Waals surface area contributed by atoms with Gasteiger partial charge in [0.15, 0.2) is 0 Å². The van der Waals surface area contributed by atoms with Gasteiger partial charge >= 0.3 is 0 Å². The summed E-state index contributed by atoms with van der Waals surface area (Å²) in [5.41, 5.74) is 2.94. The second-order valence-corrected chi connectivity index (χ2v) is 12.1.